The molecule has 0 fully saturated rings. The fourth-order valence-electron chi connectivity index (χ4n) is 1.95. The van der Waals surface area contributed by atoms with E-state index in [1.54, 1.807) is 0 Å². The van der Waals surface area contributed by atoms with Crippen LogP contribution >= 0.6 is 11.6 Å². The fourth-order valence-corrected chi connectivity index (χ4v) is 2.41. The second-order valence-corrected chi connectivity index (χ2v) is 6.40. The Labute approximate surface area is 128 Å². The van der Waals surface area contributed by atoms with Crippen molar-refractivity contribution in [2.75, 3.05) is 4.90 Å². The number of benzene rings is 1. The minimum Gasteiger partial charge on any atom is -0.318 e. The van der Waals surface area contributed by atoms with Crippen molar-refractivity contribution in [3.05, 3.63) is 65.5 Å². The van der Waals surface area contributed by atoms with Crippen LogP contribution < -0.4 is 4.90 Å². The standard InChI is InChI=1S/C18H24ClN/c1-8-11-20(14(4)13(2)3)15-9-10-16(17(19)12-15)18(5,6)7/h8-12H,2,4H2,1,3,5-7H3/b11-8-. The molecule has 0 heterocycles. The van der Waals surface area contributed by atoms with Crippen LogP contribution in [0.1, 0.15) is 40.2 Å². The lowest BCUT2D eigenvalue weighted by molar-refractivity contribution is 0.590. The van der Waals surface area contributed by atoms with Gasteiger partial charge in [0, 0.05) is 22.6 Å². The molecule has 0 spiro atoms. The Morgan fingerprint density at radius 1 is 1.25 bits per heavy atom. The lowest BCUT2D eigenvalue weighted by Gasteiger charge is -2.26. The molecule has 0 N–H and O–H groups in total. The maximum Gasteiger partial charge on any atom is 0.0470 e. The lowest BCUT2D eigenvalue weighted by atomic mass is 9.87. The second kappa shape index (κ2) is 6.32. The summed E-state index contributed by atoms with van der Waals surface area (Å²) in [5.41, 5.74) is 3.96. The van der Waals surface area contributed by atoms with Crippen LogP contribution in [-0.2, 0) is 5.41 Å². The van der Waals surface area contributed by atoms with Crippen LogP contribution in [0.4, 0.5) is 5.69 Å². The molecular weight excluding hydrogens is 266 g/mol. The molecule has 0 atom stereocenters. The molecule has 0 aliphatic carbocycles. The minimum absolute atomic E-state index is 0.0341. The van der Waals surface area contributed by atoms with Gasteiger partial charge in [-0.05, 0) is 42.5 Å². The van der Waals surface area contributed by atoms with Gasteiger partial charge >= 0.3 is 0 Å². The number of anilines is 1. The van der Waals surface area contributed by atoms with E-state index < -0.39 is 0 Å². The molecule has 0 aliphatic heterocycles. The molecule has 108 valence electrons. The van der Waals surface area contributed by atoms with Gasteiger partial charge in [0.2, 0.25) is 0 Å². The highest BCUT2D eigenvalue weighted by Crippen LogP contribution is 2.34. The van der Waals surface area contributed by atoms with Crippen molar-refractivity contribution >= 4 is 17.3 Å². The average Bonchev–Trinajstić information content (AvgIpc) is 2.33. The number of hydrogen-bond acceptors (Lipinski definition) is 1. The van der Waals surface area contributed by atoms with Crippen molar-refractivity contribution in [2.45, 2.75) is 40.0 Å². The summed E-state index contributed by atoms with van der Waals surface area (Å²) < 4.78 is 0. The zero-order valence-electron chi connectivity index (χ0n) is 13.1. The van der Waals surface area contributed by atoms with E-state index >= 15 is 0 Å². The van der Waals surface area contributed by atoms with E-state index in [1.165, 1.54) is 0 Å². The van der Waals surface area contributed by atoms with Crippen molar-refractivity contribution in [2.24, 2.45) is 0 Å². The topological polar surface area (TPSA) is 3.24 Å². The maximum atomic E-state index is 6.44. The third-order valence-electron chi connectivity index (χ3n) is 3.12. The smallest absolute Gasteiger partial charge is 0.0470 e. The number of hydrogen-bond donors (Lipinski definition) is 0. The fraction of sp³-hybridized carbons (Fsp3) is 0.333. The SMILES string of the molecule is C=C(C)C(=C)N(/C=C\C)c1ccc(C(C)(C)C)c(Cl)c1. The lowest BCUT2D eigenvalue weighted by Crippen LogP contribution is -2.16. The first-order valence-electron chi connectivity index (χ1n) is 6.75. The van der Waals surface area contributed by atoms with Gasteiger partial charge in [0.25, 0.3) is 0 Å². The highest BCUT2D eigenvalue weighted by Gasteiger charge is 2.18. The van der Waals surface area contributed by atoms with Gasteiger partial charge in [-0.2, -0.15) is 0 Å². The van der Waals surface area contributed by atoms with Crippen LogP contribution in [0.3, 0.4) is 0 Å². The van der Waals surface area contributed by atoms with Crippen LogP contribution in [0.2, 0.25) is 5.02 Å². The van der Waals surface area contributed by atoms with Gasteiger partial charge in [0.15, 0.2) is 0 Å². The Hall–Kier alpha value is -1.47. The predicted molar refractivity (Wildman–Crippen MR) is 91.4 cm³/mol. The van der Waals surface area contributed by atoms with E-state index in [-0.39, 0.29) is 5.41 Å². The summed E-state index contributed by atoms with van der Waals surface area (Å²) in [7, 11) is 0. The molecule has 0 saturated carbocycles. The average molecular weight is 290 g/mol. The first kappa shape index (κ1) is 16.6. The Kier molecular flexibility index (Phi) is 5.24. The number of allylic oxidation sites excluding steroid dienone is 2. The van der Waals surface area contributed by atoms with Gasteiger partial charge in [-0.1, -0.05) is 57.7 Å². The zero-order valence-corrected chi connectivity index (χ0v) is 13.9. The van der Waals surface area contributed by atoms with Crippen molar-refractivity contribution < 1.29 is 0 Å². The monoisotopic (exact) mass is 289 g/mol. The highest BCUT2D eigenvalue weighted by atomic mass is 35.5. The van der Waals surface area contributed by atoms with E-state index in [9.17, 15) is 0 Å². The molecule has 0 aromatic heterocycles. The molecule has 0 radical (unpaired) electrons. The van der Waals surface area contributed by atoms with Gasteiger partial charge < -0.3 is 4.90 Å². The first-order valence-corrected chi connectivity index (χ1v) is 7.13. The van der Waals surface area contributed by atoms with Crippen molar-refractivity contribution in [1.29, 1.82) is 0 Å². The maximum absolute atomic E-state index is 6.44. The van der Waals surface area contributed by atoms with Crippen molar-refractivity contribution in [3.8, 4) is 0 Å². The number of nitrogens with zero attached hydrogens (tertiary/aromatic N) is 1. The molecule has 0 unspecified atom stereocenters. The van der Waals surface area contributed by atoms with Gasteiger partial charge in [-0.25, -0.2) is 0 Å². The molecule has 0 bridgehead atoms. The Morgan fingerprint density at radius 3 is 2.25 bits per heavy atom. The third-order valence-corrected chi connectivity index (χ3v) is 3.43. The van der Waals surface area contributed by atoms with Crippen LogP contribution in [0, 0.1) is 0 Å². The third kappa shape index (κ3) is 3.77. The van der Waals surface area contributed by atoms with Crippen LogP contribution in [-0.4, -0.2) is 0 Å². The number of halogens is 1. The molecule has 0 aliphatic rings. The molecule has 1 rings (SSSR count). The van der Waals surface area contributed by atoms with E-state index in [2.05, 4.69) is 46.1 Å². The summed E-state index contributed by atoms with van der Waals surface area (Å²) in [6, 6.07) is 6.14. The molecule has 1 nitrogen and oxygen atoms in total. The molecule has 2 heteroatoms. The predicted octanol–water partition coefficient (Wildman–Crippen LogP) is 6.07. The summed E-state index contributed by atoms with van der Waals surface area (Å²) in [5, 5.41) is 0.777. The summed E-state index contributed by atoms with van der Waals surface area (Å²) >= 11 is 6.44. The summed E-state index contributed by atoms with van der Waals surface area (Å²) in [4.78, 5) is 2.00. The summed E-state index contributed by atoms with van der Waals surface area (Å²) in [6.45, 7) is 18.4. The molecule has 1 aromatic carbocycles. The minimum atomic E-state index is 0.0341. The van der Waals surface area contributed by atoms with E-state index in [0.29, 0.717) is 0 Å². The van der Waals surface area contributed by atoms with E-state index in [4.69, 9.17) is 11.6 Å². The van der Waals surface area contributed by atoms with Gasteiger partial charge in [0.1, 0.15) is 0 Å². The Morgan fingerprint density at radius 2 is 1.85 bits per heavy atom. The van der Waals surface area contributed by atoms with Crippen LogP contribution in [0.15, 0.2) is 54.9 Å². The van der Waals surface area contributed by atoms with Crippen LogP contribution in [0.25, 0.3) is 0 Å². The van der Waals surface area contributed by atoms with Gasteiger partial charge in [-0.3, -0.25) is 0 Å². The van der Waals surface area contributed by atoms with E-state index in [0.717, 1.165) is 27.5 Å². The molecule has 0 amide bonds. The largest absolute Gasteiger partial charge is 0.318 e. The quantitative estimate of drug-likeness (QED) is 0.608. The van der Waals surface area contributed by atoms with Gasteiger partial charge in [-0.15, -0.1) is 0 Å². The Bertz CT molecular complexity index is 547. The molecule has 20 heavy (non-hydrogen) atoms. The van der Waals surface area contributed by atoms with Crippen LogP contribution in [0.5, 0.6) is 0 Å². The van der Waals surface area contributed by atoms with E-state index in [1.807, 2.05) is 37.1 Å². The number of rotatable bonds is 4. The Balaban J connectivity index is 3.27. The second-order valence-electron chi connectivity index (χ2n) is 5.99. The van der Waals surface area contributed by atoms with Crippen molar-refractivity contribution in [1.82, 2.24) is 0 Å². The summed E-state index contributed by atoms with van der Waals surface area (Å²) in [6.07, 6.45) is 3.94. The summed E-state index contributed by atoms with van der Waals surface area (Å²) in [5.74, 6) is 0. The first-order chi connectivity index (χ1) is 9.18. The highest BCUT2D eigenvalue weighted by molar-refractivity contribution is 6.31. The molecular formula is C18H24ClN. The molecule has 1 aromatic rings. The zero-order chi connectivity index (χ0) is 15.5. The normalized spacial score (nSPS) is 11.7. The van der Waals surface area contributed by atoms with Gasteiger partial charge in [0.05, 0.1) is 0 Å². The van der Waals surface area contributed by atoms with Crippen molar-refractivity contribution in [3.63, 3.8) is 0 Å². The molecule has 0 saturated heterocycles.